The lowest BCUT2D eigenvalue weighted by atomic mass is 10.2. The molecule has 0 aliphatic carbocycles. The zero-order chi connectivity index (χ0) is 18.2. The van der Waals surface area contributed by atoms with Gasteiger partial charge >= 0.3 is 5.97 Å². The normalized spacial score (nSPS) is 9.96. The lowest BCUT2D eigenvalue weighted by Crippen LogP contribution is -2.24. The Morgan fingerprint density at radius 3 is 2.52 bits per heavy atom. The number of nitro groups is 1. The van der Waals surface area contributed by atoms with E-state index in [1.54, 1.807) is 30.3 Å². The molecule has 8 nitrogen and oxygen atoms in total. The second-order valence-corrected chi connectivity index (χ2v) is 4.73. The fourth-order valence-corrected chi connectivity index (χ4v) is 1.76. The average molecular weight is 348 g/mol. The molecule has 0 fully saturated rings. The van der Waals surface area contributed by atoms with Gasteiger partial charge in [0.1, 0.15) is 11.6 Å². The summed E-state index contributed by atoms with van der Waals surface area (Å²) in [4.78, 5) is 33.1. The molecule has 0 unspecified atom stereocenters. The number of carbonyl (C=O) groups is 2. The predicted molar refractivity (Wildman–Crippen MR) is 84.6 cm³/mol. The van der Waals surface area contributed by atoms with Crippen molar-refractivity contribution < 1.29 is 28.4 Å². The van der Waals surface area contributed by atoms with Crippen LogP contribution in [0.4, 0.5) is 15.8 Å². The van der Waals surface area contributed by atoms with Crippen molar-refractivity contribution in [1.29, 1.82) is 0 Å². The number of halogens is 1. The van der Waals surface area contributed by atoms with E-state index in [0.29, 0.717) is 5.75 Å². The van der Waals surface area contributed by atoms with Crippen molar-refractivity contribution >= 4 is 23.3 Å². The van der Waals surface area contributed by atoms with Gasteiger partial charge in [0, 0.05) is 12.1 Å². The van der Waals surface area contributed by atoms with Gasteiger partial charge in [-0.3, -0.25) is 14.9 Å². The standard InChI is InChI=1S/C16H13FN2O6/c17-13-7-6-11(19(22)23)8-14(13)18-15(20)9-25-16(21)10-24-12-4-2-1-3-5-12/h1-8H,9-10H2,(H,18,20). The first-order valence-corrected chi connectivity index (χ1v) is 7.03. The van der Waals surface area contributed by atoms with Crippen LogP contribution >= 0.6 is 0 Å². The first kappa shape index (κ1) is 17.9. The Morgan fingerprint density at radius 1 is 1.12 bits per heavy atom. The molecule has 0 aliphatic heterocycles. The minimum absolute atomic E-state index is 0.379. The van der Waals surface area contributed by atoms with Crippen LogP contribution in [0.15, 0.2) is 48.5 Å². The van der Waals surface area contributed by atoms with Crippen LogP contribution in [0.1, 0.15) is 0 Å². The topological polar surface area (TPSA) is 108 Å². The van der Waals surface area contributed by atoms with E-state index in [1.165, 1.54) is 0 Å². The van der Waals surface area contributed by atoms with Crippen LogP contribution in [0.2, 0.25) is 0 Å². The van der Waals surface area contributed by atoms with Gasteiger partial charge in [-0.1, -0.05) is 18.2 Å². The molecule has 0 spiro atoms. The fraction of sp³-hybridized carbons (Fsp3) is 0.125. The predicted octanol–water partition coefficient (Wildman–Crippen LogP) is 2.29. The molecule has 0 saturated heterocycles. The van der Waals surface area contributed by atoms with Crippen LogP contribution in [-0.2, 0) is 14.3 Å². The summed E-state index contributed by atoms with van der Waals surface area (Å²) in [5.41, 5.74) is -0.763. The number of nitrogens with one attached hydrogen (secondary N) is 1. The van der Waals surface area contributed by atoms with Crippen molar-refractivity contribution in [1.82, 2.24) is 0 Å². The molecular weight excluding hydrogens is 335 g/mol. The van der Waals surface area contributed by atoms with Gasteiger partial charge in [-0.05, 0) is 18.2 Å². The smallest absolute Gasteiger partial charge is 0.344 e. The molecule has 0 bridgehead atoms. The van der Waals surface area contributed by atoms with Crippen molar-refractivity contribution in [3.8, 4) is 5.75 Å². The molecule has 2 aromatic rings. The number of hydrogen-bond donors (Lipinski definition) is 1. The average Bonchev–Trinajstić information content (AvgIpc) is 2.60. The number of hydrogen-bond acceptors (Lipinski definition) is 6. The van der Waals surface area contributed by atoms with Crippen LogP contribution in [0.3, 0.4) is 0 Å². The molecule has 2 aromatic carbocycles. The van der Waals surface area contributed by atoms with E-state index in [9.17, 15) is 24.1 Å². The highest BCUT2D eigenvalue weighted by molar-refractivity contribution is 5.93. The number of amides is 1. The maximum Gasteiger partial charge on any atom is 0.344 e. The Hall–Kier alpha value is -3.49. The van der Waals surface area contributed by atoms with Crippen LogP contribution in [-0.4, -0.2) is 30.0 Å². The van der Waals surface area contributed by atoms with E-state index in [2.05, 4.69) is 10.1 Å². The van der Waals surface area contributed by atoms with Crippen molar-refractivity contribution in [3.63, 3.8) is 0 Å². The highest BCUT2D eigenvalue weighted by Crippen LogP contribution is 2.21. The summed E-state index contributed by atoms with van der Waals surface area (Å²) < 4.78 is 23.4. The maximum absolute atomic E-state index is 13.5. The Labute approximate surface area is 141 Å². The first-order valence-electron chi connectivity index (χ1n) is 7.03. The van der Waals surface area contributed by atoms with Crippen molar-refractivity contribution in [3.05, 3.63) is 64.5 Å². The summed E-state index contributed by atoms with van der Waals surface area (Å²) >= 11 is 0. The molecule has 2 rings (SSSR count). The van der Waals surface area contributed by atoms with E-state index < -0.39 is 35.8 Å². The Bertz CT molecular complexity index is 781. The highest BCUT2D eigenvalue weighted by Gasteiger charge is 2.14. The van der Waals surface area contributed by atoms with E-state index in [-0.39, 0.29) is 11.4 Å². The molecule has 0 radical (unpaired) electrons. The van der Waals surface area contributed by atoms with Gasteiger partial charge in [0.2, 0.25) is 0 Å². The van der Waals surface area contributed by atoms with Gasteiger partial charge in [-0.15, -0.1) is 0 Å². The van der Waals surface area contributed by atoms with Crippen LogP contribution in [0, 0.1) is 15.9 Å². The Kier molecular flexibility index (Phi) is 5.99. The number of carbonyl (C=O) groups excluding carboxylic acids is 2. The lowest BCUT2D eigenvalue weighted by Gasteiger charge is -2.08. The zero-order valence-electron chi connectivity index (χ0n) is 12.8. The van der Waals surface area contributed by atoms with E-state index in [1.807, 2.05) is 0 Å². The van der Waals surface area contributed by atoms with Crippen LogP contribution in [0.5, 0.6) is 5.75 Å². The first-order chi connectivity index (χ1) is 12.0. The third kappa shape index (κ3) is 5.57. The van der Waals surface area contributed by atoms with E-state index in [4.69, 9.17) is 4.74 Å². The van der Waals surface area contributed by atoms with Gasteiger partial charge in [-0.25, -0.2) is 9.18 Å². The SMILES string of the molecule is O=C(COC(=O)COc1ccccc1)Nc1cc([N+](=O)[O-])ccc1F. The molecule has 0 heterocycles. The highest BCUT2D eigenvalue weighted by atomic mass is 19.1. The minimum atomic E-state index is -0.849. The molecule has 0 aliphatic rings. The lowest BCUT2D eigenvalue weighted by molar-refractivity contribution is -0.384. The number of para-hydroxylation sites is 1. The van der Waals surface area contributed by atoms with Crippen LogP contribution in [0.25, 0.3) is 0 Å². The molecule has 130 valence electrons. The zero-order valence-corrected chi connectivity index (χ0v) is 12.8. The number of nitro benzene ring substituents is 1. The molecular formula is C16H13FN2O6. The number of esters is 1. The second kappa shape index (κ2) is 8.39. The molecule has 1 amide bonds. The number of benzene rings is 2. The van der Waals surface area contributed by atoms with Gasteiger partial charge < -0.3 is 14.8 Å². The maximum atomic E-state index is 13.5. The number of rotatable bonds is 7. The minimum Gasteiger partial charge on any atom is -0.482 e. The molecule has 9 heteroatoms. The van der Waals surface area contributed by atoms with E-state index >= 15 is 0 Å². The van der Waals surface area contributed by atoms with Gasteiger partial charge in [-0.2, -0.15) is 0 Å². The summed E-state index contributed by atoms with van der Waals surface area (Å²) in [7, 11) is 0. The molecule has 1 N–H and O–H groups in total. The van der Waals surface area contributed by atoms with Crippen molar-refractivity contribution in [2.24, 2.45) is 0 Å². The summed E-state index contributed by atoms with van der Waals surface area (Å²) in [6, 6.07) is 11.2. The van der Waals surface area contributed by atoms with Crippen molar-refractivity contribution in [2.45, 2.75) is 0 Å². The fourth-order valence-electron chi connectivity index (χ4n) is 1.76. The summed E-state index contributed by atoms with van der Waals surface area (Å²) in [6.07, 6.45) is 0. The van der Waals surface area contributed by atoms with Gasteiger partial charge in [0.15, 0.2) is 13.2 Å². The van der Waals surface area contributed by atoms with E-state index in [0.717, 1.165) is 18.2 Å². The second-order valence-electron chi connectivity index (χ2n) is 4.73. The Morgan fingerprint density at radius 2 is 1.84 bits per heavy atom. The third-order valence-electron chi connectivity index (χ3n) is 2.90. The molecule has 25 heavy (non-hydrogen) atoms. The quantitative estimate of drug-likeness (QED) is 0.467. The summed E-state index contributed by atoms with van der Waals surface area (Å²) in [6.45, 7) is -1.08. The summed E-state index contributed by atoms with van der Waals surface area (Å²) in [5.74, 6) is -2.02. The number of non-ortho nitro benzene ring substituents is 1. The van der Waals surface area contributed by atoms with Gasteiger partial charge in [0.05, 0.1) is 10.6 Å². The largest absolute Gasteiger partial charge is 0.482 e. The number of anilines is 1. The van der Waals surface area contributed by atoms with Crippen molar-refractivity contribution in [2.75, 3.05) is 18.5 Å². The number of nitrogens with zero attached hydrogens (tertiary/aromatic N) is 1. The molecule has 0 atom stereocenters. The Balaban J connectivity index is 1.81. The van der Waals surface area contributed by atoms with Gasteiger partial charge in [0.25, 0.3) is 11.6 Å². The monoisotopic (exact) mass is 348 g/mol. The summed E-state index contributed by atoms with van der Waals surface area (Å²) in [5, 5.41) is 12.7. The van der Waals surface area contributed by atoms with Crippen LogP contribution < -0.4 is 10.1 Å². The molecule has 0 saturated carbocycles. The number of ether oxygens (including phenoxy) is 2. The molecule has 0 aromatic heterocycles. The third-order valence-corrected chi connectivity index (χ3v) is 2.90.